The van der Waals surface area contributed by atoms with E-state index in [2.05, 4.69) is 6.92 Å². The van der Waals surface area contributed by atoms with E-state index in [1.165, 1.54) is 25.7 Å². The van der Waals surface area contributed by atoms with E-state index < -0.39 is 5.79 Å². The Morgan fingerprint density at radius 1 is 1.11 bits per heavy atom. The van der Waals surface area contributed by atoms with Crippen LogP contribution in [0.4, 0.5) is 0 Å². The van der Waals surface area contributed by atoms with Crippen LogP contribution in [0.2, 0.25) is 0 Å². The lowest BCUT2D eigenvalue weighted by Crippen LogP contribution is -2.46. The second kappa shape index (κ2) is 5.52. The van der Waals surface area contributed by atoms with Crippen molar-refractivity contribution in [3.8, 4) is 0 Å². The summed E-state index contributed by atoms with van der Waals surface area (Å²) in [6.07, 6.45) is 12.0. The van der Waals surface area contributed by atoms with Gasteiger partial charge in [0.05, 0.1) is 11.5 Å². The predicted molar refractivity (Wildman–Crippen MR) is 70.8 cm³/mol. The Kier molecular flexibility index (Phi) is 4.21. The number of rotatable bonds is 8. The zero-order valence-corrected chi connectivity index (χ0v) is 11.7. The summed E-state index contributed by atoms with van der Waals surface area (Å²) in [7, 11) is 0. The van der Waals surface area contributed by atoms with Crippen LogP contribution in [0, 0.1) is 5.41 Å². The van der Waals surface area contributed by atoms with Gasteiger partial charge < -0.3 is 14.6 Å². The molecule has 1 aliphatic carbocycles. The minimum Gasteiger partial charge on any atom is -0.456 e. The fourth-order valence-electron chi connectivity index (χ4n) is 3.12. The van der Waals surface area contributed by atoms with Crippen molar-refractivity contribution in [2.45, 2.75) is 77.1 Å². The van der Waals surface area contributed by atoms with E-state index in [0.717, 1.165) is 25.7 Å². The van der Waals surface area contributed by atoms with Crippen molar-refractivity contribution in [3.05, 3.63) is 12.5 Å². The molecule has 2 aliphatic rings. The molecule has 3 heteroatoms. The summed E-state index contributed by atoms with van der Waals surface area (Å²) in [5.74, 6) is -0.590. The highest BCUT2D eigenvalue weighted by molar-refractivity contribution is 5.10. The number of hydrogen-bond acceptors (Lipinski definition) is 3. The average molecular weight is 254 g/mol. The summed E-state index contributed by atoms with van der Waals surface area (Å²) in [4.78, 5) is 0. The van der Waals surface area contributed by atoms with E-state index >= 15 is 0 Å². The van der Waals surface area contributed by atoms with Crippen molar-refractivity contribution >= 4 is 0 Å². The van der Waals surface area contributed by atoms with Crippen molar-refractivity contribution < 1.29 is 14.6 Å². The van der Waals surface area contributed by atoms with Crippen LogP contribution in [-0.4, -0.2) is 17.0 Å². The van der Waals surface area contributed by atoms with Gasteiger partial charge in [-0.3, -0.25) is 0 Å². The molecule has 2 rings (SSSR count). The molecule has 0 saturated heterocycles. The molecular weight excluding hydrogens is 228 g/mol. The third-order valence-electron chi connectivity index (χ3n) is 4.53. The average Bonchev–Trinajstić information content (AvgIpc) is 3.05. The van der Waals surface area contributed by atoms with Gasteiger partial charge in [-0.2, -0.15) is 0 Å². The summed E-state index contributed by atoms with van der Waals surface area (Å²) in [5.41, 5.74) is -0.179. The first kappa shape index (κ1) is 13.7. The van der Waals surface area contributed by atoms with Gasteiger partial charge in [0.2, 0.25) is 0 Å². The van der Waals surface area contributed by atoms with Crippen molar-refractivity contribution in [2.75, 3.05) is 0 Å². The molecule has 1 fully saturated rings. The first-order chi connectivity index (χ1) is 8.67. The molecular formula is C15H26O3. The molecule has 1 atom stereocenters. The minimum absolute atomic E-state index is 0.179. The Balaban J connectivity index is 1.88. The van der Waals surface area contributed by atoms with Crippen LogP contribution in [0.3, 0.4) is 0 Å². The third kappa shape index (κ3) is 2.37. The maximum Gasteiger partial charge on any atom is 0.257 e. The molecule has 0 aromatic heterocycles. The van der Waals surface area contributed by atoms with Crippen LogP contribution in [-0.2, 0) is 9.47 Å². The Hall–Kier alpha value is -0.700. The van der Waals surface area contributed by atoms with Gasteiger partial charge in [-0.25, -0.2) is 0 Å². The lowest BCUT2D eigenvalue weighted by molar-refractivity contribution is -0.220. The molecule has 0 spiro atoms. The van der Waals surface area contributed by atoms with E-state index in [4.69, 9.17) is 9.47 Å². The van der Waals surface area contributed by atoms with Crippen LogP contribution < -0.4 is 0 Å². The Morgan fingerprint density at radius 3 is 2.22 bits per heavy atom. The van der Waals surface area contributed by atoms with Crippen molar-refractivity contribution in [3.63, 3.8) is 0 Å². The molecule has 0 aromatic rings. The summed E-state index contributed by atoms with van der Waals surface area (Å²) in [6.45, 7) is 4.08. The van der Waals surface area contributed by atoms with E-state index in [-0.39, 0.29) is 11.5 Å². The van der Waals surface area contributed by atoms with Crippen LogP contribution in [0.1, 0.15) is 65.2 Å². The van der Waals surface area contributed by atoms with Crippen LogP contribution in [0.25, 0.3) is 0 Å². The van der Waals surface area contributed by atoms with Crippen molar-refractivity contribution in [2.24, 2.45) is 5.41 Å². The number of aliphatic hydroxyl groups is 1. The van der Waals surface area contributed by atoms with E-state index in [0.29, 0.717) is 0 Å². The minimum atomic E-state index is -0.590. The molecule has 0 radical (unpaired) electrons. The first-order valence-corrected chi connectivity index (χ1v) is 7.35. The Morgan fingerprint density at radius 2 is 1.72 bits per heavy atom. The maximum absolute atomic E-state index is 10.0. The summed E-state index contributed by atoms with van der Waals surface area (Å²) < 4.78 is 11.5. The number of aliphatic hydroxyl groups excluding tert-OH is 1. The fraction of sp³-hybridized carbons (Fsp3) is 0.867. The molecule has 0 bridgehead atoms. The predicted octanol–water partition coefficient (Wildman–Crippen LogP) is 3.72. The third-order valence-corrected chi connectivity index (χ3v) is 4.53. The quantitative estimate of drug-likeness (QED) is 0.671. The van der Waals surface area contributed by atoms with Gasteiger partial charge in [-0.1, -0.05) is 32.6 Å². The van der Waals surface area contributed by atoms with Gasteiger partial charge in [-0.15, -0.1) is 0 Å². The number of ether oxygens (including phenoxy) is 2. The van der Waals surface area contributed by atoms with Crippen LogP contribution in [0.5, 0.6) is 0 Å². The molecule has 18 heavy (non-hydrogen) atoms. The van der Waals surface area contributed by atoms with Crippen LogP contribution in [0.15, 0.2) is 12.5 Å². The second-order valence-corrected chi connectivity index (χ2v) is 5.76. The monoisotopic (exact) mass is 254 g/mol. The maximum atomic E-state index is 10.0. The lowest BCUT2D eigenvalue weighted by Gasteiger charge is -2.37. The largest absolute Gasteiger partial charge is 0.456 e. The van der Waals surface area contributed by atoms with E-state index in [1.54, 1.807) is 12.5 Å². The molecule has 3 nitrogen and oxygen atoms in total. The normalized spacial score (nSPS) is 24.4. The molecule has 0 amide bonds. The highest BCUT2D eigenvalue weighted by Crippen LogP contribution is 2.61. The van der Waals surface area contributed by atoms with Gasteiger partial charge in [0.1, 0.15) is 12.5 Å². The van der Waals surface area contributed by atoms with E-state index in [9.17, 15) is 5.11 Å². The molecule has 1 saturated carbocycles. The summed E-state index contributed by atoms with van der Waals surface area (Å²) in [6, 6.07) is 0. The SMILES string of the molecule is CCCCCCCC1(C2(C(C)O)CC2)OC=CO1. The van der Waals surface area contributed by atoms with Crippen molar-refractivity contribution in [1.29, 1.82) is 0 Å². The highest BCUT2D eigenvalue weighted by atomic mass is 16.7. The Bertz CT molecular complexity index is 284. The first-order valence-electron chi connectivity index (χ1n) is 7.35. The van der Waals surface area contributed by atoms with Gasteiger partial charge in [-0.05, 0) is 26.2 Å². The summed E-state index contributed by atoms with van der Waals surface area (Å²) in [5, 5.41) is 10.0. The number of hydrogen-bond donors (Lipinski definition) is 1. The topological polar surface area (TPSA) is 38.7 Å². The summed E-state index contributed by atoms with van der Waals surface area (Å²) >= 11 is 0. The molecule has 1 heterocycles. The lowest BCUT2D eigenvalue weighted by atomic mass is 9.85. The van der Waals surface area contributed by atoms with Crippen molar-refractivity contribution in [1.82, 2.24) is 0 Å². The van der Waals surface area contributed by atoms with Gasteiger partial charge in [0.25, 0.3) is 5.79 Å². The molecule has 1 unspecified atom stereocenters. The van der Waals surface area contributed by atoms with E-state index in [1.807, 2.05) is 6.92 Å². The molecule has 104 valence electrons. The van der Waals surface area contributed by atoms with Gasteiger partial charge in [0.15, 0.2) is 0 Å². The van der Waals surface area contributed by atoms with Gasteiger partial charge in [0, 0.05) is 6.42 Å². The molecule has 0 aromatic carbocycles. The zero-order valence-electron chi connectivity index (χ0n) is 11.7. The smallest absolute Gasteiger partial charge is 0.257 e. The second-order valence-electron chi connectivity index (χ2n) is 5.76. The molecule has 1 N–H and O–H groups in total. The number of unbranched alkanes of at least 4 members (excludes halogenated alkanes) is 4. The zero-order chi connectivity index (χ0) is 13.1. The highest BCUT2D eigenvalue weighted by Gasteiger charge is 2.66. The van der Waals surface area contributed by atoms with Gasteiger partial charge >= 0.3 is 0 Å². The standard InChI is InChI=1S/C15H26O3/c1-3-4-5-6-7-8-15(17-11-12-18-15)14(9-10-14)13(2)16/h11-13,16H,3-10H2,1-2H3. The fourth-order valence-corrected chi connectivity index (χ4v) is 3.12. The molecule has 1 aliphatic heterocycles. The van der Waals surface area contributed by atoms with Crippen LogP contribution >= 0.6 is 0 Å². The Labute approximate surface area is 110 Å².